The van der Waals surface area contributed by atoms with Crippen molar-refractivity contribution in [3.63, 3.8) is 0 Å². The van der Waals surface area contributed by atoms with E-state index in [1.165, 1.54) is 0 Å². The minimum atomic E-state index is -0.236. The monoisotopic (exact) mass is 380 g/mol. The lowest BCUT2D eigenvalue weighted by Crippen LogP contribution is -2.41. The van der Waals surface area contributed by atoms with E-state index in [-0.39, 0.29) is 11.9 Å². The van der Waals surface area contributed by atoms with E-state index in [0.29, 0.717) is 5.02 Å². The third-order valence-electron chi connectivity index (χ3n) is 2.75. The number of hydrogen-bond acceptors (Lipinski definition) is 2. The summed E-state index contributed by atoms with van der Waals surface area (Å²) in [6, 6.07) is 5.36. The van der Waals surface area contributed by atoms with Crippen molar-refractivity contribution in [2.75, 3.05) is 18.4 Å². The molecule has 1 rings (SSSR count). The molecule has 1 aromatic rings. The van der Waals surface area contributed by atoms with Crippen molar-refractivity contribution in [2.45, 2.75) is 26.8 Å². The van der Waals surface area contributed by atoms with Crippen molar-refractivity contribution >= 4 is 45.8 Å². The van der Waals surface area contributed by atoms with Crippen molar-refractivity contribution in [2.24, 2.45) is 0 Å². The third kappa shape index (κ3) is 4.02. The number of rotatable bonds is 5. The SMILES string of the molecule is CCN(CC)C(=O)C(C)Nc1ccc(Cl)cc1I. The Bertz CT molecular complexity index is 421. The van der Waals surface area contributed by atoms with Gasteiger partial charge in [0, 0.05) is 27.4 Å². The maximum atomic E-state index is 12.1. The largest absolute Gasteiger partial charge is 0.373 e. The molecule has 18 heavy (non-hydrogen) atoms. The van der Waals surface area contributed by atoms with Crippen LogP contribution in [0.5, 0.6) is 0 Å². The Labute approximate surface area is 127 Å². The summed E-state index contributed by atoms with van der Waals surface area (Å²) >= 11 is 8.11. The van der Waals surface area contributed by atoms with E-state index in [4.69, 9.17) is 11.6 Å². The van der Waals surface area contributed by atoms with Crippen molar-refractivity contribution in [3.05, 3.63) is 26.8 Å². The van der Waals surface area contributed by atoms with Gasteiger partial charge in [0.15, 0.2) is 0 Å². The summed E-state index contributed by atoms with van der Waals surface area (Å²) in [5.74, 6) is 0.116. The predicted molar refractivity (Wildman–Crippen MR) is 85.2 cm³/mol. The molecule has 1 atom stereocenters. The number of carbonyl (C=O) groups is 1. The van der Waals surface area contributed by atoms with Gasteiger partial charge in [-0.2, -0.15) is 0 Å². The predicted octanol–water partition coefficient (Wildman–Crippen LogP) is 3.61. The topological polar surface area (TPSA) is 32.3 Å². The first-order chi connectivity index (χ1) is 8.49. The minimum absolute atomic E-state index is 0.116. The molecular formula is C13H18ClIN2O. The second kappa shape index (κ2) is 7.19. The molecule has 1 N–H and O–H groups in total. The molecule has 5 heteroatoms. The Morgan fingerprint density at radius 2 is 2.06 bits per heavy atom. The zero-order chi connectivity index (χ0) is 13.7. The molecule has 0 bridgehead atoms. The summed E-state index contributed by atoms with van der Waals surface area (Å²) in [5.41, 5.74) is 0.938. The number of hydrogen-bond donors (Lipinski definition) is 1. The van der Waals surface area contributed by atoms with Gasteiger partial charge in [0.25, 0.3) is 0 Å². The van der Waals surface area contributed by atoms with Gasteiger partial charge in [-0.25, -0.2) is 0 Å². The van der Waals surface area contributed by atoms with Crippen molar-refractivity contribution < 1.29 is 4.79 Å². The molecule has 0 aliphatic heterocycles. The minimum Gasteiger partial charge on any atom is -0.373 e. The van der Waals surface area contributed by atoms with Gasteiger partial charge in [-0.05, 0) is 61.6 Å². The molecule has 1 amide bonds. The molecule has 0 fully saturated rings. The highest BCUT2D eigenvalue weighted by Crippen LogP contribution is 2.23. The first-order valence-electron chi connectivity index (χ1n) is 6.00. The van der Waals surface area contributed by atoms with Gasteiger partial charge in [0.1, 0.15) is 6.04 Å². The van der Waals surface area contributed by atoms with Crippen LogP contribution in [-0.4, -0.2) is 29.9 Å². The van der Waals surface area contributed by atoms with Crippen LogP contribution in [0.4, 0.5) is 5.69 Å². The first-order valence-corrected chi connectivity index (χ1v) is 7.45. The molecule has 0 radical (unpaired) electrons. The van der Waals surface area contributed by atoms with E-state index in [1.54, 1.807) is 0 Å². The molecule has 0 aromatic heterocycles. The normalized spacial score (nSPS) is 12.1. The molecule has 1 aromatic carbocycles. The lowest BCUT2D eigenvalue weighted by atomic mass is 10.2. The van der Waals surface area contributed by atoms with Gasteiger partial charge >= 0.3 is 0 Å². The van der Waals surface area contributed by atoms with Gasteiger partial charge < -0.3 is 10.2 Å². The molecular weight excluding hydrogens is 363 g/mol. The summed E-state index contributed by atoms with van der Waals surface area (Å²) in [6.07, 6.45) is 0. The number of likely N-dealkylation sites (N-methyl/N-ethyl adjacent to an activating group) is 1. The van der Waals surface area contributed by atoms with Gasteiger partial charge in [0.05, 0.1) is 0 Å². The van der Waals surface area contributed by atoms with Crippen LogP contribution in [0.25, 0.3) is 0 Å². The lowest BCUT2D eigenvalue weighted by Gasteiger charge is -2.24. The summed E-state index contributed by atoms with van der Waals surface area (Å²) in [4.78, 5) is 13.9. The standard InChI is InChI=1S/C13H18ClIN2O/c1-4-17(5-2)13(18)9(3)16-12-7-6-10(14)8-11(12)15/h6-9,16H,4-5H2,1-3H3. The molecule has 1 unspecified atom stereocenters. The van der Waals surface area contributed by atoms with E-state index < -0.39 is 0 Å². The smallest absolute Gasteiger partial charge is 0.244 e. The van der Waals surface area contributed by atoms with E-state index in [1.807, 2.05) is 43.9 Å². The summed E-state index contributed by atoms with van der Waals surface area (Å²) < 4.78 is 1.01. The number of nitrogens with zero attached hydrogens (tertiary/aromatic N) is 1. The van der Waals surface area contributed by atoms with Crippen LogP contribution in [-0.2, 0) is 4.79 Å². The van der Waals surface area contributed by atoms with E-state index in [2.05, 4.69) is 27.9 Å². The summed E-state index contributed by atoms with van der Waals surface area (Å²) in [5, 5.41) is 3.93. The van der Waals surface area contributed by atoms with Gasteiger partial charge in [-0.15, -0.1) is 0 Å². The molecule has 0 heterocycles. The van der Waals surface area contributed by atoms with Crippen molar-refractivity contribution in [3.8, 4) is 0 Å². The Morgan fingerprint density at radius 1 is 1.44 bits per heavy atom. The Hall–Kier alpha value is -0.490. The fourth-order valence-electron chi connectivity index (χ4n) is 1.71. The first kappa shape index (κ1) is 15.6. The average Bonchev–Trinajstić information content (AvgIpc) is 2.34. The zero-order valence-electron chi connectivity index (χ0n) is 10.8. The Kier molecular flexibility index (Phi) is 6.21. The highest BCUT2D eigenvalue weighted by Gasteiger charge is 2.18. The molecule has 0 saturated carbocycles. The van der Waals surface area contributed by atoms with Gasteiger partial charge in [-0.1, -0.05) is 11.6 Å². The van der Waals surface area contributed by atoms with Gasteiger partial charge in [-0.3, -0.25) is 4.79 Å². The second-order valence-corrected chi connectivity index (χ2v) is 5.60. The highest BCUT2D eigenvalue weighted by atomic mass is 127. The Morgan fingerprint density at radius 3 is 2.56 bits per heavy atom. The number of benzene rings is 1. The second-order valence-electron chi connectivity index (χ2n) is 4.00. The van der Waals surface area contributed by atoms with Crippen molar-refractivity contribution in [1.29, 1.82) is 0 Å². The molecule has 3 nitrogen and oxygen atoms in total. The third-order valence-corrected chi connectivity index (χ3v) is 3.88. The number of amides is 1. The fraction of sp³-hybridized carbons (Fsp3) is 0.462. The molecule has 0 saturated heterocycles. The summed E-state index contributed by atoms with van der Waals surface area (Å²) in [7, 11) is 0. The van der Waals surface area contributed by atoms with Crippen LogP contribution >= 0.6 is 34.2 Å². The van der Waals surface area contributed by atoms with Crippen LogP contribution in [0.15, 0.2) is 18.2 Å². The van der Waals surface area contributed by atoms with Crippen LogP contribution in [0, 0.1) is 3.57 Å². The number of carbonyl (C=O) groups excluding carboxylic acids is 1. The molecule has 0 aliphatic carbocycles. The van der Waals surface area contributed by atoms with Crippen LogP contribution in [0.3, 0.4) is 0 Å². The van der Waals surface area contributed by atoms with Crippen LogP contribution < -0.4 is 5.32 Å². The maximum absolute atomic E-state index is 12.1. The number of halogens is 2. The van der Waals surface area contributed by atoms with Crippen LogP contribution in [0.2, 0.25) is 5.02 Å². The average molecular weight is 381 g/mol. The molecule has 0 aliphatic rings. The number of nitrogens with one attached hydrogen (secondary N) is 1. The quantitative estimate of drug-likeness (QED) is 0.792. The summed E-state index contributed by atoms with van der Waals surface area (Å²) in [6.45, 7) is 7.32. The van der Waals surface area contributed by atoms with E-state index in [0.717, 1.165) is 22.3 Å². The molecule has 100 valence electrons. The Balaban J connectivity index is 2.75. The van der Waals surface area contributed by atoms with Crippen molar-refractivity contribution in [1.82, 2.24) is 4.90 Å². The van der Waals surface area contributed by atoms with E-state index in [9.17, 15) is 4.79 Å². The molecule has 0 spiro atoms. The maximum Gasteiger partial charge on any atom is 0.244 e. The van der Waals surface area contributed by atoms with E-state index >= 15 is 0 Å². The number of anilines is 1. The lowest BCUT2D eigenvalue weighted by molar-refractivity contribution is -0.131. The highest BCUT2D eigenvalue weighted by molar-refractivity contribution is 14.1. The van der Waals surface area contributed by atoms with Crippen LogP contribution in [0.1, 0.15) is 20.8 Å². The zero-order valence-corrected chi connectivity index (χ0v) is 13.7. The van der Waals surface area contributed by atoms with Gasteiger partial charge in [0.2, 0.25) is 5.91 Å². The fourth-order valence-corrected chi connectivity index (χ4v) is 2.74.